The summed E-state index contributed by atoms with van der Waals surface area (Å²) in [5, 5.41) is 21.2. The molecule has 0 aromatic heterocycles. The number of ether oxygens (including phenoxy) is 3. The molecule has 0 saturated carbocycles. The Bertz CT molecular complexity index is 821. The number of aliphatic hydroxyl groups excluding tert-OH is 1. The Balaban J connectivity index is 2.48. The molecule has 9 heteroatoms. The number of esters is 1. The molecule has 2 aliphatic rings. The third-order valence-corrected chi connectivity index (χ3v) is 12.7. The van der Waals surface area contributed by atoms with E-state index >= 15 is 0 Å². The molecule has 0 aromatic rings. The summed E-state index contributed by atoms with van der Waals surface area (Å²) in [6, 6.07) is 0. The van der Waals surface area contributed by atoms with Gasteiger partial charge in [-0.2, -0.15) is 0 Å². The zero-order valence-corrected chi connectivity index (χ0v) is 24.8. The monoisotopic (exact) mass is 528 g/mol. The zero-order chi connectivity index (χ0) is 27.7. The molecule has 2 saturated heterocycles. The average molecular weight is 529 g/mol. The number of carbonyl (C=O) groups excluding carboxylic acids is 2. The van der Waals surface area contributed by atoms with Gasteiger partial charge in [0.1, 0.15) is 18.0 Å². The van der Waals surface area contributed by atoms with E-state index in [-0.39, 0.29) is 42.5 Å². The van der Waals surface area contributed by atoms with Crippen LogP contribution in [0.1, 0.15) is 68.2 Å². The highest BCUT2D eigenvalue weighted by atomic mass is 28.4. The highest BCUT2D eigenvalue weighted by Crippen LogP contribution is 2.51. The van der Waals surface area contributed by atoms with E-state index in [2.05, 4.69) is 46.9 Å². The van der Waals surface area contributed by atoms with Crippen molar-refractivity contribution in [1.82, 2.24) is 0 Å². The van der Waals surface area contributed by atoms with Gasteiger partial charge >= 0.3 is 5.97 Å². The first kappa shape index (κ1) is 31.1. The van der Waals surface area contributed by atoms with Crippen LogP contribution in [0.5, 0.6) is 0 Å². The van der Waals surface area contributed by atoms with Crippen LogP contribution in [0.2, 0.25) is 18.1 Å². The van der Waals surface area contributed by atoms with Gasteiger partial charge in [-0.15, -0.1) is 0 Å². The molecule has 2 rings (SSSR count). The molecule has 8 atom stereocenters. The van der Waals surface area contributed by atoms with Gasteiger partial charge in [0.2, 0.25) is 0 Å². The number of hydrogen-bond donors (Lipinski definition) is 2. The Morgan fingerprint density at radius 1 is 1.28 bits per heavy atom. The number of aliphatic hydroxyl groups is 2. The number of epoxide rings is 1. The highest BCUT2D eigenvalue weighted by Gasteiger charge is 2.64. The van der Waals surface area contributed by atoms with Crippen LogP contribution < -0.4 is 0 Å². The molecule has 0 amide bonds. The van der Waals surface area contributed by atoms with Crippen molar-refractivity contribution in [3.63, 3.8) is 0 Å². The summed E-state index contributed by atoms with van der Waals surface area (Å²) >= 11 is 0. The van der Waals surface area contributed by atoms with Crippen LogP contribution in [0, 0.1) is 17.8 Å². The number of Topliss-reactive ketones (excluding diaryl/α,β-unsaturated/α-hetero) is 1. The van der Waals surface area contributed by atoms with E-state index in [1.165, 1.54) is 6.92 Å². The average Bonchev–Trinajstić information content (AvgIpc) is 3.45. The Morgan fingerprint density at radius 3 is 2.36 bits per heavy atom. The van der Waals surface area contributed by atoms with Crippen molar-refractivity contribution in [3.8, 4) is 0 Å². The second-order valence-electron chi connectivity index (χ2n) is 12.2. The predicted molar refractivity (Wildman–Crippen MR) is 140 cm³/mol. The van der Waals surface area contributed by atoms with Crippen LogP contribution in [-0.2, 0) is 28.2 Å². The van der Waals surface area contributed by atoms with Crippen molar-refractivity contribution in [1.29, 1.82) is 0 Å². The number of rotatable bonds is 11. The van der Waals surface area contributed by atoms with Crippen LogP contribution in [-0.4, -0.2) is 73.2 Å². The first-order valence-electron chi connectivity index (χ1n) is 13.1. The molecule has 0 radical (unpaired) electrons. The number of allylic oxidation sites excluding steroid dienone is 1. The van der Waals surface area contributed by atoms with Crippen LogP contribution >= 0.6 is 0 Å². The van der Waals surface area contributed by atoms with E-state index in [0.29, 0.717) is 6.42 Å². The molecule has 2 N–H and O–H groups in total. The van der Waals surface area contributed by atoms with Gasteiger partial charge in [-0.1, -0.05) is 46.8 Å². The fourth-order valence-electron chi connectivity index (χ4n) is 4.80. The molecule has 0 aliphatic carbocycles. The van der Waals surface area contributed by atoms with E-state index in [1.54, 1.807) is 6.92 Å². The maximum absolute atomic E-state index is 14.0. The van der Waals surface area contributed by atoms with Crippen LogP contribution in [0.4, 0.5) is 0 Å². The first-order valence-corrected chi connectivity index (χ1v) is 16.0. The molecule has 2 fully saturated rings. The summed E-state index contributed by atoms with van der Waals surface area (Å²) in [6.07, 6.45) is 2.32. The predicted octanol–water partition coefficient (Wildman–Crippen LogP) is 3.99. The molecule has 8 nitrogen and oxygen atoms in total. The Labute approximate surface area is 217 Å². The van der Waals surface area contributed by atoms with E-state index in [1.807, 2.05) is 19.9 Å². The smallest absolute Gasteiger partial charge is 0.302 e. The van der Waals surface area contributed by atoms with Gasteiger partial charge < -0.3 is 28.8 Å². The van der Waals surface area contributed by atoms with Crippen LogP contribution in [0.25, 0.3) is 0 Å². The number of hydrogen-bond acceptors (Lipinski definition) is 8. The lowest BCUT2D eigenvalue weighted by Crippen LogP contribution is -2.57. The molecule has 0 bridgehead atoms. The van der Waals surface area contributed by atoms with E-state index < -0.39 is 49.7 Å². The van der Waals surface area contributed by atoms with Crippen molar-refractivity contribution in [2.24, 2.45) is 17.8 Å². The molecule has 0 spiro atoms. The van der Waals surface area contributed by atoms with Crippen molar-refractivity contribution in [2.75, 3.05) is 13.2 Å². The summed E-state index contributed by atoms with van der Waals surface area (Å²) in [5.41, 5.74) is -0.778. The molecule has 2 aliphatic heterocycles. The normalized spacial score (nSPS) is 33.7. The topological polar surface area (TPSA) is 115 Å². The maximum atomic E-state index is 14.0. The van der Waals surface area contributed by atoms with Gasteiger partial charge in [0.05, 0.1) is 36.8 Å². The molecular formula is C27H48O8Si. The second kappa shape index (κ2) is 11.3. The number of ketones is 1. The van der Waals surface area contributed by atoms with Crippen LogP contribution in [0.15, 0.2) is 12.2 Å². The minimum atomic E-state index is -2.41. The summed E-state index contributed by atoms with van der Waals surface area (Å²) in [4.78, 5) is 25.8. The Kier molecular flexibility index (Phi) is 9.79. The quantitative estimate of drug-likeness (QED) is 0.179. The van der Waals surface area contributed by atoms with Crippen LogP contribution in [0.3, 0.4) is 0 Å². The van der Waals surface area contributed by atoms with Crippen molar-refractivity contribution < 1.29 is 38.4 Å². The maximum Gasteiger partial charge on any atom is 0.302 e. The van der Waals surface area contributed by atoms with Gasteiger partial charge in [-0.3, -0.25) is 9.59 Å². The lowest BCUT2D eigenvalue weighted by atomic mass is 9.78. The van der Waals surface area contributed by atoms with Gasteiger partial charge in [-0.25, -0.2) is 0 Å². The SMILES string of the molecule is C/C=C\[C@H](C)[C@H]1OC1(C)[C@@H](O[Si](C)(C)C(C)(C)C)[C@@H](COC(C)=O)C(=O)[C@@H]1COC(O)(CC)C[C@@H]1O. The van der Waals surface area contributed by atoms with Gasteiger partial charge in [0, 0.05) is 19.3 Å². The summed E-state index contributed by atoms with van der Waals surface area (Å²) in [5.74, 6) is -3.92. The molecule has 36 heavy (non-hydrogen) atoms. The third-order valence-electron chi connectivity index (χ3n) is 8.29. The second-order valence-corrected chi connectivity index (χ2v) is 17.0. The van der Waals surface area contributed by atoms with Gasteiger partial charge in [-0.05, 0) is 38.4 Å². The van der Waals surface area contributed by atoms with E-state index in [4.69, 9.17) is 18.6 Å². The lowest BCUT2D eigenvalue weighted by Gasteiger charge is -2.44. The van der Waals surface area contributed by atoms with Crippen molar-refractivity contribution >= 4 is 20.1 Å². The molecular weight excluding hydrogens is 480 g/mol. The standard InChI is InChI=1S/C27H48O8Si/c1-11-13-17(3)23-26(8,34-23)24(35-36(9,10)25(5,6)7)20(15-32-18(4)28)22(30)19-16-33-27(31,12-2)14-21(19)29/h11,13,17,19-21,23-24,29,31H,12,14-16H2,1-10H3/b13-11-/t17-,19+,20-,21-,23+,24-,26?,27?/m0/s1. The lowest BCUT2D eigenvalue weighted by molar-refractivity contribution is -0.258. The summed E-state index contributed by atoms with van der Waals surface area (Å²) < 4.78 is 24.2. The first-order chi connectivity index (χ1) is 16.4. The highest BCUT2D eigenvalue weighted by molar-refractivity contribution is 6.74. The zero-order valence-electron chi connectivity index (χ0n) is 23.8. The van der Waals surface area contributed by atoms with E-state index in [0.717, 1.165) is 0 Å². The minimum Gasteiger partial charge on any atom is -0.465 e. The molecule has 208 valence electrons. The largest absolute Gasteiger partial charge is 0.465 e. The molecule has 2 heterocycles. The van der Waals surface area contributed by atoms with E-state index in [9.17, 15) is 19.8 Å². The van der Waals surface area contributed by atoms with Gasteiger partial charge in [0.15, 0.2) is 14.1 Å². The molecule has 0 aromatic carbocycles. The van der Waals surface area contributed by atoms with Crippen molar-refractivity contribution in [2.45, 2.75) is 116 Å². The van der Waals surface area contributed by atoms with Crippen molar-refractivity contribution in [3.05, 3.63) is 12.2 Å². The fourth-order valence-corrected chi connectivity index (χ4v) is 6.18. The fraction of sp³-hybridized carbons (Fsp3) is 0.852. The number of carbonyl (C=O) groups is 2. The Hall–Kier alpha value is -1.10. The summed E-state index contributed by atoms with van der Waals surface area (Å²) in [6.45, 7) is 19.3. The summed E-state index contributed by atoms with van der Waals surface area (Å²) in [7, 11) is -2.41. The Morgan fingerprint density at radius 2 is 1.89 bits per heavy atom. The molecule has 2 unspecified atom stereocenters. The van der Waals surface area contributed by atoms with Gasteiger partial charge in [0.25, 0.3) is 0 Å². The minimum absolute atomic E-state index is 0.0668. The third kappa shape index (κ3) is 6.85.